The van der Waals surface area contributed by atoms with Gasteiger partial charge in [-0.15, -0.1) is 10.2 Å². The van der Waals surface area contributed by atoms with Crippen molar-refractivity contribution in [3.63, 3.8) is 0 Å². The lowest BCUT2D eigenvalue weighted by Gasteiger charge is -2.10. The summed E-state index contributed by atoms with van der Waals surface area (Å²) in [6.07, 6.45) is 1.42. The first kappa shape index (κ1) is 18.9. The zero-order chi connectivity index (χ0) is 19.1. The number of hydrogen-bond donors (Lipinski definition) is 2. The largest absolute Gasteiger partial charge is 0.492 e. The Morgan fingerprint density at radius 1 is 1.19 bits per heavy atom. The first-order valence-electron chi connectivity index (χ1n) is 7.98. The minimum Gasteiger partial charge on any atom is -0.492 e. The Balaban J connectivity index is 1.51. The third-order valence-corrected chi connectivity index (χ3v) is 5.13. The second kappa shape index (κ2) is 9.19. The van der Waals surface area contributed by atoms with Gasteiger partial charge < -0.3 is 14.5 Å². The third kappa shape index (κ3) is 5.31. The number of benzene rings is 1. The first-order valence-corrected chi connectivity index (χ1v) is 9.78. The second-order valence-corrected chi connectivity index (χ2v) is 7.27. The fourth-order valence-corrected chi connectivity index (χ4v) is 3.60. The zero-order valence-corrected chi connectivity index (χ0v) is 15.9. The molecule has 0 unspecified atom stereocenters. The molecule has 0 aliphatic rings. The van der Waals surface area contributed by atoms with Gasteiger partial charge in [-0.1, -0.05) is 35.2 Å². The van der Waals surface area contributed by atoms with Gasteiger partial charge in [0.25, 0.3) is 5.91 Å². The molecule has 3 rings (SSSR count). The summed E-state index contributed by atoms with van der Waals surface area (Å²) in [7, 11) is 0. The van der Waals surface area contributed by atoms with E-state index in [0.29, 0.717) is 27.5 Å². The van der Waals surface area contributed by atoms with Crippen LogP contribution in [0.25, 0.3) is 0 Å². The number of aromatic nitrogens is 2. The van der Waals surface area contributed by atoms with Crippen LogP contribution in [0.5, 0.6) is 5.75 Å². The maximum Gasteiger partial charge on any atom is 0.293 e. The van der Waals surface area contributed by atoms with Crippen molar-refractivity contribution < 1.29 is 18.7 Å². The van der Waals surface area contributed by atoms with E-state index in [1.165, 1.54) is 29.4 Å². The Morgan fingerprint density at radius 2 is 2.04 bits per heavy atom. The summed E-state index contributed by atoms with van der Waals surface area (Å²) in [5, 5.41) is 13.6. The molecular weight excluding hydrogens is 388 g/mol. The summed E-state index contributed by atoms with van der Waals surface area (Å²) >= 11 is 2.41. The van der Waals surface area contributed by atoms with Crippen molar-refractivity contribution in [1.82, 2.24) is 10.2 Å². The van der Waals surface area contributed by atoms with Crippen molar-refractivity contribution in [2.24, 2.45) is 0 Å². The lowest BCUT2D eigenvalue weighted by Crippen LogP contribution is -2.14. The molecule has 27 heavy (non-hydrogen) atoms. The van der Waals surface area contributed by atoms with Crippen molar-refractivity contribution in [2.45, 2.75) is 11.3 Å². The molecule has 0 aliphatic carbocycles. The standard InChI is InChI=1S/C17H16N4O4S2/c1-2-24-12-7-4-3-6-11(12)18-14(22)10-26-17-21-20-16(27-17)19-15(23)13-8-5-9-25-13/h3-9H,2,10H2,1H3,(H,18,22)(H,19,20,23). The van der Waals surface area contributed by atoms with Crippen LogP contribution in [0.1, 0.15) is 17.5 Å². The minimum absolute atomic E-state index is 0.154. The minimum atomic E-state index is -0.405. The highest BCUT2D eigenvalue weighted by Gasteiger charge is 2.14. The average molecular weight is 404 g/mol. The van der Waals surface area contributed by atoms with Crippen LogP contribution in [0.4, 0.5) is 10.8 Å². The van der Waals surface area contributed by atoms with Gasteiger partial charge in [0.2, 0.25) is 11.0 Å². The van der Waals surface area contributed by atoms with Crippen molar-refractivity contribution in [2.75, 3.05) is 23.0 Å². The normalized spacial score (nSPS) is 10.4. The Labute approximate surface area is 163 Å². The number of anilines is 2. The number of nitrogens with zero attached hydrogens (tertiary/aromatic N) is 2. The second-order valence-electron chi connectivity index (χ2n) is 5.07. The molecule has 0 fully saturated rings. The van der Waals surface area contributed by atoms with E-state index in [0.717, 1.165) is 0 Å². The monoisotopic (exact) mass is 404 g/mol. The molecule has 0 atom stereocenters. The molecule has 0 radical (unpaired) electrons. The highest BCUT2D eigenvalue weighted by molar-refractivity contribution is 8.01. The number of para-hydroxylation sites is 2. The van der Waals surface area contributed by atoms with E-state index in [-0.39, 0.29) is 17.4 Å². The van der Waals surface area contributed by atoms with Crippen LogP contribution in [-0.2, 0) is 4.79 Å². The zero-order valence-electron chi connectivity index (χ0n) is 14.3. The lowest BCUT2D eigenvalue weighted by molar-refractivity contribution is -0.113. The number of nitrogens with one attached hydrogen (secondary N) is 2. The van der Waals surface area contributed by atoms with Gasteiger partial charge in [0.15, 0.2) is 10.1 Å². The molecule has 2 N–H and O–H groups in total. The number of furan rings is 1. The molecule has 0 aliphatic heterocycles. The Hall–Kier alpha value is -2.85. The first-order chi connectivity index (χ1) is 13.2. The van der Waals surface area contributed by atoms with E-state index < -0.39 is 5.91 Å². The van der Waals surface area contributed by atoms with E-state index >= 15 is 0 Å². The Morgan fingerprint density at radius 3 is 2.81 bits per heavy atom. The summed E-state index contributed by atoms with van der Waals surface area (Å²) in [4.78, 5) is 24.1. The quantitative estimate of drug-likeness (QED) is 0.437. The molecule has 0 saturated carbocycles. The van der Waals surface area contributed by atoms with E-state index in [4.69, 9.17) is 9.15 Å². The molecule has 1 aromatic carbocycles. The SMILES string of the molecule is CCOc1ccccc1NC(=O)CSc1nnc(NC(=O)c2ccco2)s1. The van der Waals surface area contributed by atoms with Crippen LogP contribution in [0.3, 0.4) is 0 Å². The summed E-state index contributed by atoms with van der Waals surface area (Å²) < 4.78 is 11.1. The summed E-state index contributed by atoms with van der Waals surface area (Å²) in [6.45, 7) is 2.39. The number of carbonyl (C=O) groups is 2. The van der Waals surface area contributed by atoms with E-state index in [2.05, 4.69) is 20.8 Å². The van der Waals surface area contributed by atoms with E-state index in [1.807, 2.05) is 19.1 Å². The molecule has 0 saturated heterocycles. The van der Waals surface area contributed by atoms with Crippen LogP contribution in [0.15, 0.2) is 51.4 Å². The number of hydrogen-bond acceptors (Lipinski definition) is 8. The predicted octanol–water partition coefficient (Wildman–Crippen LogP) is 3.51. The molecular formula is C17H16N4O4S2. The van der Waals surface area contributed by atoms with Crippen molar-refractivity contribution in [1.29, 1.82) is 0 Å². The van der Waals surface area contributed by atoms with Crippen molar-refractivity contribution in [3.05, 3.63) is 48.4 Å². The summed E-state index contributed by atoms with van der Waals surface area (Å²) in [5.41, 5.74) is 0.619. The smallest absolute Gasteiger partial charge is 0.293 e. The van der Waals surface area contributed by atoms with E-state index in [9.17, 15) is 9.59 Å². The van der Waals surface area contributed by atoms with E-state index in [1.54, 1.807) is 24.3 Å². The fraction of sp³-hybridized carbons (Fsp3) is 0.176. The van der Waals surface area contributed by atoms with Crippen LogP contribution in [0, 0.1) is 0 Å². The predicted molar refractivity (Wildman–Crippen MR) is 104 cm³/mol. The van der Waals surface area contributed by atoms with Crippen LogP contribution in [0.2, 0.25) is 0 Å². The number of thioether (sulfide) groups is 1. The molecule has 0 spiro atoms. The van der Waals surface area contributed by atoms with Crippen molar-refractivity contribution >= 4 is 45.7 Å². The molecule has 3 aromatic rings. The highest BCUT2D eigenvalue weighted by atomic mass is 32.2. The maximum absolute atomic E-state index is 12.2. The average Bonchev–Trinajstić information content (AvgIpc) is 3.34. The molecule has 2 aromatic heterocycles. The molecule has 2 amide bonds. The Bertz CT molecular complexity index is 911. The maximum atomic E-state index is 12.2. The van der Waals surface area contributed by atoms with Crippen LogP contribution in [-0.4, -0.2) is 34.4 Å². The lowest BCUT2D eigenvalue weighted by atomic mass is 10.3. The van der Waals surface area contributed by atoms with Gasteiger partial charge in [0.05, 0.1) is 24.3 Å². The van der Waals surface area contributed by atoms with Gasteiger partial charge in [0, 0.05) is 0 Å². The van der Waals surface area contributed by atoms with Crippen LogP contribution >= 0.6 is 23.1 Å². The number of ether oxygens (including phenoxy) is 1. The molecule has 8 nitrogen and oxygen atoms in total. The summed E-state index contributed by atoms with van der Waals surface area (Å²) in [5.74, 6) is 0.367. The fourth-order valence-electron chi connectivity index (χ4n) is 2.05. The highest BCUT2D eigenvalue weighted by Crippen LogP contribution is 2.27. The molecule has 2 heterocycles. The van der Waals surface area contributed by atoms with Gasteiger partial charge in [0.1, 0.15) is 5.75 Å². The Kier molecular flexibility index (Phi) is 6.44. The summed E-state index contributed by atoms with van der Waals surface area (Å²) in [6, 6.07) is 10.4. The van der Waals surface area contributed by atoms with Crippen LogP contribution < -0.4 is 15.4 Å². The van der Waals surface area contributed by atoms with Gasteiger partial charge in [-0.3, -0.25) is 14.9 Å². The van der Waals surface area contributed by atoms with Gasteiger partial charge >= 0.3 is 0 Å². The number of rotatable bonds is 8. The van der Waals surface area contributed by atoms with Gasteiger partial charge in [-0.25, -0.2) is 0 Å². The molecule has 140 valence electrons. The van der Waals surface area contributed by atoms with Gasteiger partial charge in [-0.2, -0.15) is 0 Å². The van der Waals surface area contributed by atoms with Crippen molar-refractivity contribution in [3.8, 4) is 5.75 Å². The number of carbonyl (C=O) groups excluding carboxylic acids is 2. The molecule has 0 bridgehead atoms. The topological polar surface area (TPSA) is 106 Å². The molecule has 10 heteroatoms. The third-order valence-electron chi connectivity index (χ3n) is 3.16. The number of amides is 2. The van der Waals surface area contributed by atoms with Gasteiger partial charge in [-0.05, 0) is 31.2 Å².